The van der Waals surface area contributed by atoms with Crippen molar-refractivity contribution < 1.29 is 14.3 Å². The van der Waals surface area contributed by atoms with Crippen LogP contribution in [0.5, 0.6) is 0 Å². The molecule has 19 heavy (non-hydrogen) atoms. The Labute approximate surface area is 116 Å². The van der Waals surface area contributed by atoms with E-state index < -0.39 is 12.3 Å². The molecule has 0 rings (SSSR count). The number of ether oxygens (including phenoxy) is 1. The van der Waals surface area contributed by atoms with Gasteiger partial charge in [-0.1, -0.05) is 34.1 Å². The molecule has 1 unspecified atom stereocenters. The number of carbonyl (C=O) groups excluding carboxylic acids is 2. The molecule has 0 aliphatic rings. The molecule has 0 aromatic carbocycles. The first-order valence-electron chi connectivity index (χ1n) is 7.00. The molecule has 0 spiro atoms. The highest BCUT2D eigenvalue weighted by molar-refractivity contribution is 5.76. The van der Waals surface area contributed by atoms with E-state index >= 15 is 0 Å². The number of primary amides is 1. The fourth-order valence-corrected chi connectivity index (χ4v) is 1.71. The minimum atomic E-state index is -0.850. The molecule has 5 nitrogen and oxygen atoms in total. The molecule has 112 valence electrons. The average molecular weight is 272 g/mol. The van der Waals surface area contributed by atoms with Gasteiger partial charge in [0, 0.05) is 12.8 Å². The number of nitrogens with one attached hydrogen (secondary N) is 1. The Morgan fingerprint density at radius 1 is 1.26 bits per heavy atom. The van der Waals surface area contributed by atoms with Crippen LogP contribution in [-0.4, -0.2) is 18.2 Å². The highest BCUT2D eigenvalue weighted by atomic mass is 16.6. The van der Waals surface area contributed by atoms with E-state index in [2.05, 4.69) is 26.1 Å². The van der Waals surface area contributed by atoms with Gasteiger partial charge in [0.1, 0.15) is 0 Å². The average Bonchev–Trinajstić information content (AvgIpc) is 2.23. The topological polar surface area (TPSA) is 81.4 Å². The third kappa shape index (κ3) is 11.6. The van der Waals surface area contributed by atoms with Gasteiger partial charge >= 0.3 is 6.09 Å². The van der Waals surface area contributed by atoms with Crippen LogP contribution in [-0.2, 0) is 9.53 Å². The number of nitrogens with two attached hydrogens (primary N) is 1. The lowest BCUT2D eigenvalue weighted by molar-refractivity contribution is -0.124. The lowest BCUT2D eigenvalue weighted by atomic mass is 9.90. The van der Waals surface area contributed by atoms with Crippen LogP contribution >= 0.6 is 0 Å². The largest absolute Gasteiger partial charge is 0.426 e. The Bertz CT molecular complexity index is 285. The molecule has 0 saturated heterocycles. The predicted molar refractivity (Wildman–Crippen MR) is 75.4 cm³/mol. The monoisotopic (exact) mass is 272 g/mol. The van der Waals surface area contributed by atoms with Crippen molar-refractivity contribution in [3.8, 4) is 0 Å². The zero-order valence-electron chi connectivity index (χ0n) is 12.6. The number of rotatable bonds is 8. The van der Waals surface area contributed by atoms with Crippen molar-refractivity contribution in [1.82, 2.24) is 5.32 Å². The van der Waals surface area contributed by atoms with E-state index in [1.807, 2.05) is 6.92 Å². The van der Waals surface area contributed by atoms with Crippen molar-refractivity contribution in [2.75, 3.05) is 0 Å². The van der Waals surface area contributed by atoms with E-state index in [1.165, 1.54) is 0 Å². The standard InChI is InChI=1S/C14H28N2O3/c1-5-6-8-11(17)16-12(19-13(15)18)9-7-10-14(2,3)4/h12H,5-10H2,1-4H3,(H2,15,18)(H,16,17). The summed E-state index contributed by atoms with van der Waals surface area (Å²) in [6.45, 7) is 8.47. The van der Waals surface area contributed by atoms with Crippen LogP contribution < -0.4 is 11.1 Å². The summed E-state index contributed by atoms with van der Waals surface area (Å²) in [6, 6.07) is 0. The van der Waals surface area contributed by atoms with Gasteiger partial charge in [0.05, 0.1) is 0 Å². The maximum atomic E-state index is 11.6. The summed E-state index contributed by atoms with van der Waals surface area (Å²) in [4.78, 5) is 22.4. The zero-order chi connectivity index (χ0) is 14.9. The fourth-order valence-electron chi connectivity index (χ4n) is 1.71. The van der Waals surface area contributed by atoms with Gasteiger partial charge < -0.3 is 15.8 Å². The minimum absolute atomic E-state index is 0.0936. The van der Waals surface area contributed by atoms with Crippen LogP contribution in [0.15, 0.2) is 0 Å². The number of amides is 2. The van der Waals surface area contributed by atoms with Crippen LogP contribution in [0, 0.1) is 5.41 Å². The van der Waals surface area contributed by atoms with Crippen molar-refractivity contribution in [2.24, 2.45) is 11.1 Å². The SMILES string of the molecule is CCCCC(=O)NC(CCCC(C)(C)C)OC(N)=O. The lowest BCUT2D eigenvalue weighted by Crippen LogP contribution is -2.39. The molecule has 2 amide bonds. The molecule has 3 N–H and O–H groups in total. The summed E-state index contributed by atoms with van der Waals surface area (Å²) < 4.78 is 4.92. The normalized spacial score (nSPS) is 12.8. The van der Waals surface area contributed by atoms with E-state index in [0.29, 0.717) is 12.8 Å². The Morgan fingerprint density at radius 2 is 1.89 bits per heavy atom. The number of hydrogen-bond acceptors (Lipinski definition) is 3. The second-order valence-corrected chi connectivity index (χ2v) is 6.05. The van der Waals surface area contributed by atoms with E-state index in [1.54, 1.807) is 0 Å². The second kappa shape index (κ2) is 8.77. The maximum absolute atomic E-state index is 11.6. The maximum Gasteiger partial charge on any atom is 0.406 e. The van der Waals surface area contributed by atoms with E-state index in [9.17, 15) is 9.59 Å². The van der Waals surface area contributed by atoms with Crippen LogP contribution in [0.1, 0.15) is 66.2 Å². The molecule has 0 aromatic heterocycles. The molecule has 0 bridgehead atoms. The summed E-state index contributed by atoms with van der Waals surface area (Å²) in [6.07, 6.45) is 3.25. The summed E-state index contributed by atoms with van der Waals surface area (Å²) in [7, 11) is 0. The van der Waals surface area contributed by atoms with Gasteiger partial charge in [-0.25, -0.2) is 4.79 Å². The zero-order valence-corrected chi connectivity index (χ0v) is 12.6. The van der Waals surface area contributed by atoms with Crippen LogP contribution in [0.3, 0.4) is 0 Å². The van der Waals surface area contributed by atoms with Crippen LogP contribution in [0.4, 0.5) is 4.79 Å². The van der Waals surface area contributed by atoms with E-state index in [0.717, 1.165) is 25.7 Å². The van der Waals surface area contributed by atoms with Gasteiger partial charge in [0.2, 0.25) is 5.91 Å². The van der Waals surface area contributed by atoms with Gasteiger partial charge in [-0.05, 0) is 24.7 Å². The van der Waals surface area contributed by atoms with Crippen LogP contribution in [0.25, 0.3) is 0 Å². The van der Waals surface area contributed by atoms with Gasteiger partial charge in [-0.2, -0.15) is 0 Å². The molecule has 0 fully saturated rings. The van der Waals surface area contributed by atoms with Crippen molar-refractivity contribution in [1.29, 1.82) is 0 Å². The first kappa shape index (κ1) is 17.7. The molecular formula is C14H28N2O3. The van der Waals surface area contributed by atoms with Crippen molar-refractivity contribution in [3.63, 3.8) is 0 Å². The van der Waals surface area contributed by atoms with Crippen molar-refractivity contribution >= 4 is 12.0 Å². The molecule has 0 heterocycles. The highest BCUT2D eigenvalue weighted by Crippen LogP contribution is 2.22. The Hall–Kier alpha value is -1.26. The molecule has 0 radical (unpaired) electrons. The van der Waals surface area contributed by atoms with Crippen molar-refractivity contribution in [3.05, 3.63) is 0 Å². The summed E-state index contributed by atoms with van der Waals surface area (Å²) in [5, 5.41) is 2.71. The van der Waals surface area contributed by atoms with E-state index in [-0.39, 0.29) is 11.3 Å². The lowest BCUT2D eigenvalue weighted by Gasteiger charge is -2.21. The second-order valence-electron chi connectivity index (χ2n) is 6.05. The van der Waals surface area contributed by atoms with Gasteiger partial charge in [-0.3, -0.25) is 4.79 Å². The fraction of sp³-hybridized carbons (Fsp3) is 0.857. The summed E-state index contributed by atoms with van der Waals surface area (Å²) >= 11 is 0. The Morgan fingerprint density at radius 3 is 2.37 bits per heavy atom. The molecule has 0 saturated carbocycles. The predicted octanol–water partition coefficient (Wildman–Crippen LogP) is 2.93. The van der Waals surface area contributed by atoms with Crippen molar-refractivity contribution in [2.45, 2.75) is 72.4 Å². The molecule has 0 aromatic rings. The quantitative estimate of drug-likeness (QED) is 0.666. The summed E-state index contributed by atoms with van der Waals surface area (Å²) in [5.74, 6) is -0.0936. The van der Waals surface area contributed by atoms with Gasteiger partial charge in [0.25, 0.3) is 0 Å². The van der Waals surface area contributed by atoms with Crippen LogP contribution in [0.2, 0.25) is 0 Å². The first-order chi connectivity index (χ1) is 8.74. The third-order valence-electron chi connectivity index (χ3n) is 2.73. The van der Waals surface area contributed by atoms with Gasteiger partial charge in [0.15, 0.2) is 6.23 Å². The first-order valence-corrected chi connectivity index (χ1v) is 7.00. The minimum Gasteiger partial charge on any atom is -0.426 e. The van der Waals surface area contributed by atoms with Gasteiger partial charge in [-0.15, -0.1) is 0 Å². The number of unbranched alkanes of at least 4 members (excludes halogenated alkanes) is 1. The molecule has 0 aliphatic carbocycles. The Kier molecular flexibility index (Phi) is 8.19. The summed E-state index contributed by atoms with van der Waals surface area (Å²) in [5.41, 5.74) is 5.24. The Balaban J connectivity index is 4.15. The third-order valence-corrected chi connectivity index (χ3v) is 2.73. The smallest absolute Gasteiger partial charge is 0.406 e. The molecular weight excluding hydrogens is 244 g/mol. The molecule has 5 heteroatoms. The highest BCUT2D eigenvalue weighted by Gasteiger charge is 2.17. The molecule has 1 atom stereocenters. The number of hydrogen-bond donors (Lipinski definition) is 2. The van der Waals surface area contributed by atoms with E-state index in [4.69, 9.17) is 10.5 Å². The molecule has 0 aliphatic heterocycles. The number of carbonyl (C=O) groups is 2.